The molecule has 27 heavy (non-hydrogen) atoms. The Morgan fingerprint density at radius 3 is 2.63 bits per heavy atom. The Morgan fingerprint density at radius 1 is 1.00 bits per heavy atom. The molecule has 1 aliphatic rings. The van der Waals surface area contributed by atoms with Crippen molar-refractivity contribution in [1.82, 2.24) is 9.97 Å². The van der Waals surface area contributed by atoms with Crippen LogP contribution in [0.5, 0.6) is 0 Å². The van der Waals surface area contributed by atoms with Gasteiger partial charge in [0, 0.05) is 24.8 Å². The molecule has 1 amide bonds. The Bertz CT molecular complexity index is 999. The summed E-state index contributed by atoms with van der Waals surface area (Å²) in [5.41, 5.74) is 4.95. The number of nitrogens with zero attached hydrogens (tertiary/aromatic N) is 3. The molecule has 0 unspecified atom stereocenters. The number of amides is 1. The molecule has 5 heteroatoms. The Hall–Kier alpha value is -3.21. The first-order chi connectivity index (χ1) is 13.1. The third-order valence-electron chi connectivity index (χ3n) is 4.79. The Balaban J connectivity index is 1.57. The Morgan fingerprint density at radius 2 is 1.81 bits per heavy atom. The smallest absolute Gasteiger partial charge is 0.274 e. The van der Waals surface area contributed by atoms with Crippen LogP contribution < -0.4 is 10.2 Å². The summed E-state index contributed by atoms with van der Waals surface area (Å²) in [5.74, 6) is 1.18. The minimum Gasteiger partial charge on any atom is -0.352 e. The first kappa shape index (κ1) is 17.2. The first-order valence-electron chi connectivity index (χ1n) is 9.14. The lowest BCUT2D eigenvalue weighted by Gasteiger charge is -2.30. The van der Waals surface area contributed by atoms with Crippen LogP contribution in [-0.2, 0) is 13.0 Å². The summed E-state index contributed by atoms with van der Waals surface area (Å²) in [6, 6.07) is 18.0. The van der Waals surface area contributed by atoms with Crippen LogP contribution in [0.15, 0.2) is 54.6 Å². The highest BCUT2D eigenvalue weighted by molar-refractivity contribution is 6.03. The fourth-order valence-corrected chi connectivity index (χ4v) is 3.44. The van der Waals surface area contributed by atoms with E-state index in [1.807, 2.05) is 38.1 Å². The van der Waals surface area contributed by atoms with Gasteiger partial charge in [0.15, 0.2) is 0 Å². The van der Waals surface area contributed by atoms with Crippen LogP contribution >= 0.6 is 0 Å². The third kappa shape index (κ3) is 3.82. The second kappa shape index (κ2) is 7.19. The number of fused-ring (bicyclic) bond motifs is 1. The van der Waals surface area contributed by atoms with E-state index in [2.05, 4.69) is 44.5 Å². The van der Waals surface area contributed by atoms with E-state index in [0.29, 0.717) is 11.5 Å². The van der Waals surface area contributed by atoms with Gasteiger partial charge in [0.1, 0.15) is 17.3 Å². The van der Waals surface area contributed by atoms with E-state index in [-0.39, 0.29) is 5.91 Å². The van der Waals surface area contributed by atoms with Gasteiger partial charge in [-0.15, -0.1) is 0 Å². The molecule has 3 aromatic rings. The molecule has 1 aromatic heterocycles. The van der Waals surface area contributed by atoms with Crippen molar-refractivity contribution in [3.8, 4) is 0 Å². The van der Waals surface area contributed by atoms with Crippen LogP contribution in [0.1, 0.15) is 33.0 Å². The van der Waals surface area contributed by atoms with Crippen molar-refractivity contribution in [3.05, 3.63) is 82.8 Å². The van der Waals surface area contributed by atoms with Crippen LogP contribution in [0.3, 0.4) is 0 Å². The molecule has 0 fully saturated rings. The van der Waals surface area contributed by atoms with Gasteiger partial charge in [-0.25, -0.2) is 9.97 Å². The number of carbonyl (C=O) groups excluding carboxylic acids is 1. The van der Waals surface area contributed by atoms with Gasteiger partial charge in [-0.3, -0.25) is 4.79 Å². The molecule has 4 rings (SSSR count). The number of aryl methyl sites for hydroxylation is 2. The number of carbonyl (C=O) groups is 1. The van der Waals surface area contributed by atoms with Gasteiger partial charge in [0.2, 0.25) is 0 Å². The molecule has 5 nitrogen and oxygen atoms in total. The van der Waals surface area contributed by atoms with E-state index in [0.717, 1.165) is 36.6 Å². The zero-order chi connectivity index (χ0) is 18.8. The number of hydrogen-bond acceptors (Lipinski definition) is 4. The quantitative estimate of drug-likeness (QED) is 0.771. The summed E-state index contributed by atoms with van der Waals surface area (Å²) in [4.78, 5) is 23.8. The van der Waals surface area contributed by atoms with Gasteiger partial charge in [-0.1, -0.05) is 36.4 Å². The lowest BCUT2D eigenvalue weighted by atomic mass is 10.00. The molecule has 1 N–H and O–H groups in total. The van der Waals surface area contributed by atoms with E-state index < -0.39 is 0 Å². The van der Waals surface area contributed by atoms with Crippen molar-refractivity contribution in [1.29, 1.82) is 0 Å². The molecule has 0 saturated carbocycles. The molecule has 2 heterocycles. The second-order valence-corrected chi connectivity index (χ2v) is 6.92. The molecular weight excluding hydrogens is 336 g/mol. The molecule has 0 atom stereocenters. The van der Waals surface area contributed by atoms with E-state index >= 15 is 0 Å². The fourth-order valence-electron chi connectivity index (χ4n) is 3.44. The molecule has 0 saturated heterocycles. The van der Waals surface area contributed by atoms with Gasteiger partial charge in [0.05, 0.1) is 0 Å². The predicted octanol–water partition coefficient (Wildman–Crippen LogP) is 3.91. The summed E-state index contributed by atoms with van der Waals surface area (Å²) >= 11 is 0. The maximum Gasteiger partial charge on any atom is 0.274 e. The largest absolute Gasteiger partial charge is 0.352 e. The number of nitrogens with one attached hydrogen (secondary N) is 1. The van der Waals surface area contributed by atoms with Crippen molar-refractivity contribution in [2.75, 3.05) is 16.8 Å². The minimum absolute atomic E-state index is 0.218. The number of benzene rings is 2. The fraction of sp³-hybridized carbons (Fsp3) is 0.227. The summed E-state index contributed by atoms with van der Waals surface area (Å²) in [7, 11) is 0. The molecule has 0 radical (unpaired) electrons. The van der Waals surface area contributed by atoms with Crippen molar-refractivity contribution in [2.24, 2.45) is 0 Å². The lowest BCUT2D eigenvalue weighted by Crippen LogP contribution is -2.31. The molecule has 1 aliphatic heterocycles. The molecule has 0 bridgehead atoms. The standard InChI is InChI=1S/C22H22N4O/c1-15-6-5-9-19(12-15)25-22(27)20-13-21(24-16(2)23-20)26-11-10-17-7-3-4-8-18(17)14-26/h3-9,12-13H,10-11,14H2,1-2H3,(H,25,27). The first-order valence-corrected chi connectivity index (χ1v) is 9.14. The van der Waals surface area contributed by atoms with Gasteiger partial charge in [-0.05, 0) is 49.1 Å². The van der Waals surface area contributed by atoms with Crippen LogP contribution in [0.2, 0.25) is 0 Å². The van der Waals surface area contributed by atoms with Crippen molar-refractivity contribution in [2.45, 2.75) is 26.8 Å². The van der Waals surface area contributed by atoms with Crippen LogP contribution in [0.25, 0.3) is 0 Å². The van der Waals surface area contributed by atoms with Gasteiger partial charge >= 0.3 is 0 Å². The number of rotatable bonds is 3. The lowest BCUT2D eigenvalue weighted by molar-refractivity contribution is 0.102. The van der Waals surface area contributed by atoms with E-state index in [1.54, 1.807) is 6.07 Å². The summed E-state index contributed by atoms with van der Waals surface area (Å²) in [5, 5.41) is 2.92. The van der Waals surface area contributed by atoms with E-state index in [9.17, 15) is 4.79 Å². The molecule has 0 aliphatic carbocycles. The molecule has 136 valence electrons. The highest BCUT2D eigenvalue weighted by atomic mass is 16.1. The van der Waals surface area contributed by atoms with E-state index in [4.69, 9.17) is 0 Å². The van der Waals surface area contributed by atoms with Crippen LogP contribution in [0.4, 0.5) is 11.5 Å². The average Bonchev–Trinajstić information content (AvgIpc) is 2.67. The van der Waals surface area contributed by atoms with Gasteiger partial charge < -0.3 is 10.2 Å². The average molecular weight is 358 g/mol. The van der Waals surface area contributed by atoms with E-state index in [1.165, 1.54) is 11.1 Å². The normalized spacial score (nSPS) is 13.2. The maximum atomic E-state index is 12.7. The monoisotopic (exact) mass is 358 g/mol. The van der Waals surface area contributed by atoms with Gasteiger partial charge in [0.25, 0.3) is 5.91 Å². The zero-order valence-corrected chi connectivity index (χ0v) is 15.6. The predicted molar refractivity (Wildman–Crippen MR) is 107 cm³/mol. The summed E-state index contributed by atoms with van der Waals surface area (Å²) < 4.78 is 0. The SMILES string of the molecule is Cc1cccc(NC(=O)c2cc(N3CCc4ccccc4C3)nc(C)n2)c1. The number of aromatic nitrogens is 2. The summed E-state index contributed by atoms with van der Waals surface area (Å²) in [6.45, 7) is 5.50. The highest BCUT2D eigenvalue weighted by Crippen LogP contribution is 2.24. The Kier molecular flexibility index (Phi) is 4.59. The second-order valence-electron chi connectivity index (χ2n) is 6.92. The highest BCUT2D eigenvalue weighted by Gasteiger charge is 2.19. The van der Waals surface area contributed by atoms with Crippen LogP contribution in [-0.4, -0.2) is 22.4 Å². The molecular formula is C22H22N4O. The Labute approximate surface area is 159 Å². The van der Waals surface area contributed by atoms with Crippen molar-refractivity contribution >= 4 is 17.4 Å². The molecule has 2 aromatic carbocycles. The van der Waals surface area contributed by atoms with Crippen molar-refractivity contribution < 1.29 is 4.79 Å². The van der Waals surface area contributed by atoms with Crippen molar-refractivity contribution in [3.63, 3.8) is 0 Å². The molecule has 0 spiro atoms. The number of hydrogen-bond donors (Lipinski definition) is 1. The number of anilines is 2. The van der Waals surface area contributed by atoms with Crippen LogP contribution in [0, 0.1) is 13.8 Å². The topological polar surface area (TPSA) is 58.1 Å². The van der Waals surface area contributed by atoms with Gasteiger partial charge in [-0.2, -0.15) is 0 Å². The third-order valence-corrected chi connectivity index (χ3v) is 4.79. The summed E-state index contributed by atoms with van der Waals surface area (Å²) in [6.07, 6.45) is 0.976. The zero-order valence-electron chi connectivity index (χ0n) is 15.6. The maximum absolute atomic E-state index is 12.7. The minimum atomic E-state index is -0.218.